The van der Waals surface area contributed by atoms with Gasteiger partial charge >= 0.3 is 6.09 Å². The number of ether oxygens (including phenoxy) is 1. The smallest absolute Gasteiger partial charge is 0.416 e. The molecule has 0 bridgehead atoms. The van der Waals surface area contributed by atoms with Crippen LogP contribution in [-0.2, 0) is 16.0 Å². The van der Waals surface area contributed by atoms with Crippen molar-refractivity contribution >= 4 is 23.3 Å². The highest BCUT2D eigenvalue weighted by molar-refractivity contribution is 5.94. The largest absolute Gasteiger partial charge is 0.447 e. The number of nitrogen functional groups attached to an aromatic ring is 1. The highest BCUT2D eigenvalue weighted by Crippen LogP contribution is 2.22. The number of hydrogen-bond donors (Lipinski definition) is 1. The maximum absolute atomic E-state index is 12.1. The Kier molecular flexibility index (Phi) is 4.78. The standard InChI is InChI=1S/C17H18N2O3/c1-3-5-13(4-2)14-8-12(9-15(18)11-14)10-16(20)19-6-7-22-17(19)21/h3-5,8-9,11H,1-2,6-7,10,18H2/b13-5+. The van der Waals surface area contributed by atoms with E-state index in [9.17, 15) is 9.59 Å². The van der Waals surface area contributed by atoms with E-state index < -0.39 is 6.09 Å². The van der Waals surface area contributed by atoms with Gasteiger partial charge in [-0.15, -0.1) is 0 Å². The molecule has 5 nitrogen and oxygen atoms in total. The summed E-state index contributed by atoms with van der Waals surface area (Å²) in [6.45, 7) is 7.95. The van der Waals surface area contributed by atoms with Crippen LogP contribution in [0.15, 0.2) is 49.6 Å². The number of imide groups is 1. The number of allylic oxidation sites excluding steroid dienone is 4. The zero-order valence-corrected chi connectivity index (χ0v) is 12.2. The van der Waals surface area contributed by atoms with Crippen molar-refractivity contribution in [1.29, 1.82) is 0 Å². The van der Waals surface area contributed by atoms with Crippen molar-refractivity contribution in [3.63, 3.8) is 0 Å². The number of nitrogens with two attached hydrogens (primary N) is 1. The van der Waals surface area contributed by atoms with E-state index in [4.69, 9.17) is 10.5 Å². The van der Waals surface area contributed by atoms with Crippen LogP contribution in [0.5, 0.6) is 0 Å². The van der Waals surface area contributed by atoms with Gasteiger partial charge in [0.2, 0.25) is 5.91 Å². The molecule has 2 N–H and O–H groups in total. The van der Waals surface area contributed by atoms with Crippen molar-refractivity contribution in [1.82, 2.24) is 4.90 Å². The van der Waals surface area contributed by atoms with E-state index in [-0.39, 0.29) is 18.9 Å². The van der Waals surface area contributed by atoms with E-state index in [0.717, 1.165) is 21.6 Å². The van der Waals surface area contributed by atoms with Gasteiger partial charge in [-0.2, -0.15) is 0 Å². The molecule has 1 saturated heterocycles. The van der Waals surface area contributed by atoms with Gasteiger partial charge in [-0.1, -0.05) is 37.5 Å². The van der Waals surface area contributed by atoms with Crippen LogP contribution in [0.1, 0.15) is 11.1 Å². The Balaban J connectivity index is 2.24. The number of nitrogens with zero attached hydrogens (tertiary/aromatic N) is 1. The predicted octanol–water partition coefficient (Wildman–Crippen LogP) is 2.55. The second-order valence-electron chi connectivity index (χ2n) is 4.86. The number of rotatable bonds is 5. The number of carbonyl (C=O) groups excluding carboxylic acids is 2. The highest BCUT2D eigenvalue weighted by atomic mass is 16.6. The summed E-state index contributed by atoms with van der Waals surface area (Å²) in [6, 6.07) is 5.37. The monoisotopic (exact) mass is 298 g/mol. The van der Waals surface area contributed by atoms with Crippen LogP contribution in [0.4, 0.5) is 10.5 Å². The molecule has 0 aromatic heterocycles. The third-order valence-corrected chi connectivity index (χ3v) is 3.28. The van der Waals surface area contributed by atoms with Gasteiger partial charge in [-0.3, -0.25) is 4.79 Å². The van der Waals surface area contributed by atoms with Crippen LogP contribution in [0.3, 0.4) is 0 Å². The maximum atomic E-state index is 12.1. The van der Waals surface area contributed by atoms with Crippen LogP contribution >= 0.6 is 0 Å². The molecule has 0 saturated carbocycles. The summed E-state index contributed by atoms with van der Waals surface area (Å²) < 4.78 is 4.77. The van der Waals surface area contributed by atoms with Gasteiger partial charge in [0.05, 0.1) is 13.0 Å². The molecule has 22 heavy (non-hydrogen) atoms. The molecule has 114 valence electrons. The summed E-state index contributed by atoms with van der Waals surface area (Å²) in [5.41, 5.74) is 8.88. The first-order valence-electron chi connectivity index (χ1n) is 6.87. The zero-order chi connectivity index (χ0) is 16.1. The van der Waals surface area contributed by atoms with Crippen LogP contribution in [0, 0.1) is 0 Å². The Bertz CT molecular complexity index is 662. The molecule has 0 unspecified atom stereocenters. The molecule has 0 spiro atoms. The van der Waals surface area contributed by atoms with Crippen LogP contribution < -0.4 is 5.73 Å². The van der Waals surface area contributed by atoms with E-state index in [1.54, 1.807) is 24.3 Å². The number of benzene rings is 1. The molecule has 0 atom stereocenters. The molecule has 1 aromatic carbocycles. The fraction of sp³-hybridized carbons (Fsp3) is 0.176. The first-order valence-corrected chi connectivity index (χ1v) is 6.87. The topological polar surface area (TPSA) is 72.6 Å². The Morgan fingerprint density at radius 3 is 2.73 bits per heavy atom. The third-order valence-electron chi connectivity index (χ3n) is 3.28. The Labute approximate surface area is 129 Å². The van der Waals surface area contributed by atoms with Gasteiger partial charge in [0.15, 0.2) is 0 Å². The van der Waals surface area contributed by atoms with E-state index in [1.165, 1.54) is 0 Å². The van der Waals surface area contributed by atoms with Crippen molar-refractivity contribution in [3.8, 4) is 0 Å². The van der Waals surface area contributed by atoms with Crippen LogP contribution in [0.25, 0.3) is 5.57 Å². The highest BCUT2D eigenvalue weighted by Gasteiger charge is 2.28. The number of cyclic esters (lactones) is 1. The quantitative estimate of drug-likeness (QED) is 0.669. The average Bonchev–Trinajstić information content (AvgIpc) is 2.90. The lowest BCUT2D eigenvalue weighted by Gasteiger charge is -2.12. The SMILES string of the molecule is C=C/C=C(\C=C)c1cc(N)cc(CC(=O)N2CCOC2=O)c1. The molecule has 1 fully saturated rings. The molecule has 1 heterocycles. The molecular formula is C17H18N2O3. The van der Waals surface area contributed by atoms with Crippen LogP contribution in [-0.4, -0.2) is 30.1 Å². The summed E-state index contributed by atoms with van der Waals surface area (Å²) in [4.78, 5) is 24.7. The number of amides is 2. The Morgan fingerprint density at radius 1 is 1.36 bits per heavy atom. The van der Waals surface area contributed by atoms with Gasteiger partial charge in [0, 0.05) is 5.69 Å². The summed E-state index contributed by atoms with van der Waals surface area (Å²) >= 11 is 0. The van der Waals surface area contributed by atoms with Gasteiger partial charge in [-0.25, -0.2) is 9.69 Å². The van der Waals surface area contributed by atoms with Gasteiger partial charge in [0.25, 0.3) is 0 Å². The van der Waals surface area contributed by atoms with E-state index in [0.29, 0.717) is 12.2 Å². The van der Waals surface area contributed by atoms with Gasteiger partial charge < -0.3 is 10.5 Å². The lowest BCUT2D eigenvalue weighted by atomic mass is 10.00. The van der Waals surface area contributed by atoms with Crippen molar-refractivity contribution in [3.05, 3.63) is 60.7 Å². The van der Waals surface area contributed by atoms with Gasteiger partial charge in [-0.05, 0) is 28.8 Å². The second kappa shape index (κ2) is 6.76. The minimum absolute atomic E-state index is 0.0889. The molecule has 2 rings (SSSR count). The normalized spacial score (nSPS) is 14.6. The lowest BCUT2D eigenvalue weighted by Crippen LogP contribution is -2.32. The zero-order valence-electron chi connectivity index (χ0n) is 12.2. The molecular weight excluding hydrogens is 280 g/mol. The average molecular weight is 298 g/mol. The fourth-order valence-electron chi connectivity index (χ4n) is 2.29. The predicted molar refractivity (Wildman–Crippen MR) is 86.0 cm³/mol. The second-order valence-corrected chi connectivity index (χ2v) is 4.86. The summed E-state index contributed by atoms with van der Waals surface area (Å²) in [6.07, 6.45) is 4.66. The third kappa shape index (κ3) is 3.44. The molecule has 0 aliphatic carbocycles. The minimum Gasteiger partial charge on any atom is -0.447 e. The van der Waals surface area contributed by atoms with Crippen LogP contribution in [0.2, 0.25) is 0 Å². The first-order chi connectivity index (χ1) is 10.5. The molecule has 5 heteroatoms. The van der Waals surface area contributed by atoms with Gasteiger partial charge in [0.1, 0.15) is 6.61 Å². The number of anilines is 1. The first kappa shape index (κ1) is 15.6. The van der Waals surface area contributed by atoms with Crippen molar-refractivity contribution in [2.24, 2.45) is 0 Å². The number of carbonyl (C=O) groups is 2. The Morgan fingerprint density at radius 2 is 2.14 bits per heavy atom. The summed E-state index contributed by atoms with van der Waals surface area (Å²) in [5.74, 6) is -0.299. The van der Waals surface area contributed by atoms with Crippen molar-refractivity contribution < 1.29 is 14.3 Å². The van der Waals surface area contributed by atoms with Crippen molar-refractivity contribution in [2.75, 3.05) is 18.9 Å². The Hall–Kier alpha value is -2.82. The summed E-state index contributed by atoms with van der Waals surface area (Å²) in [5, 5.41) is 0. The van der Waals surface area contributed by atoms with E-state index in [2.05, 4.69) is 13.2 Å². The maximum Gasteiger partial charge on any atom is 0.416 e. The molecule has 2 amide bonds. The fourth-order valence-corrected chi connectivity index (χ4v) is 2.29. The van der Waals surface area contributed by atoms with E-state index in [1.807, 2.05) is 12.1 Å². The lowest BCUT2D eigenvalue weighted by molar-refractivity contribution is -0.127. The van der Waals surface area contributed by atoms with E-state index >= 15 is 0 Å². The molecule has 1 aromatic rings. The molecule has 1 aliphatic rings. The number of hydrogen-bond acceptors (Lipinski definition) is 4. The summed E-state index contributed by atoms with van der Waals surface area (Å²) in [7, 11) is 0. The molecule has 0 radical (unpaired) electrons. The molecule has 1 aliphatic heterocycles. The van der Waals surface area contributed by atoms with Crippen molar-refractivity contribution in [2.45, 2.75) is 6.42 Å². The minimum atomic E-state index is -0.590.